The summed E-state index contributed by atoms with van der Waals surface area (Å²) in [4.78, 5) is 17.6. The van der Waals surface area contributed by atoms with Gasteiger partial charge in [0.2, 0.25) is 0 Å². The first-order chi connectivity index (χ1) is 12.3. The SMILES string of the molecule is O=C(Nc1ccccc1-c1cccs1)c1ccc(-c2cnco2)cc1. The maximum atomic E-state index is 12.6. The molecule has 0 bridgehead atoms. The molecule has 0 unspecified atom stereocenters. The van der Waals surface area contributed by atoms with Crippen molar-refractivity contribution in [2.75, 3.05) is 5.32 Å². The highest BCUT2D eigenvalue weighted by molar-refractivity contribution is 7.13. The number of hydrogen-bond donors (Lipinski definition) is 1. The summed E-state index contributed by atoms with van der Waals surface area (Å²) in [5, 5.41) is 5.03. The van der Waals surface area contributed by atoms with Crippen LogP contribution >= 0.6 is 11.3 Å². The quantitative estimate of drug-likeness (QED) is 0.544. The highest BCUT2D eigenvalue weighted by Crippen LogP contribution is 2.31. The summed E-state index contributed by atoms with van der Waals surface area (Å²) >= 11 is 1.65. The molecule has 0 radical (unpaired) electrons. The van der Waals surface area contributed by atoms with Gasteiger partial charge in [-0.15, -0.1) is 11.3 Å². The summed E-state index contributed by atoms with van der Waals surface area (Å²) in [6.07, 6.45) is 3.03. The molecule has 1 amide bonds. The predicted molar refractivity (Wildman–Crippen MR) is 99.6 cm³/mol. The van der Waals surface area contributed by atoms with E-state index in [2.05, 4.69) is 10.3 Å². The Bertz CT molecular complexity index is 975. The first kappa shape index (κ1) is 15.4. The van der Waals surface area contributed by atoms with Crippen LogP contribution in [-0.4, -0.2) is 10.9 Å². The molecule has 0 aliphatic rings. The summed E-state index contributed by atoms with van der Waals surface area (Å²) in [5.41, 5.74) is 3.29. The fourth-order valence-electron chi connectivity index (χ4n) is 2.58. The number of benzene rings is 2. The number of carbonyl (C=O) groups is 1. The van der Waals surface area contributed by atoms with Crippen molar-refractivity contribution in [2.24, 2.45) is 0 Å². The predicted octanol–water partition coefficient (Wildman–Crippen LogP) is 5.32. The molecule has 4 aromatic rings. The average molecular weight is 346 g/mol. The second-order valence-corrected chi connectivity index (χ2v) is 6.37. The molecule has 25 heavy (non-hydrogen) atoms. The van der Waals surface area contributed by atoms with Crippen LogP contribution in [-0.2, 0) is 0 Å². The van der Waals surface area contributed by atoms with Crippen molar-refractivity contribution in [3.63, 3.8) is 0 Å². The van der Waals surface area contributed by atoms with Crippen LogP contribution in [0.25, 0.3) is 21.8 Å². The monoisotopic (exact) mass is 346 g/mol. The van der Waals surface area contributed by atoms with Crippen molar-refractivity contribution in [1.82, 2.24) is 4.98 Å². The molecule has 0 saturated heterocycles. The number of para-hydroxylation sites is 1. The van der Waals surface area contributed by atoms with E-state index in [0.29, 0.717) is 11.3 Å². The highest BCUT2D eigenvalue weighted by Gasteiger charge is 2.11. The Morgan fingerprint density at radius 1 is 1.00 bits per heavy atom. The van der Waals surface area contributed by atoms with E-state index in [1.54, 1.807) is 29.7 Å². The van der Waals surface area contributed by atoms with Gasteiger partial charge in [0, 0.05) is 27.3 Å². The second-order valence-electron chi connectivity index (χ2n) is 5.42. The number of thiophene rings is 1. The molecule has 1 N–H and O–H groups in total. The van der Waals surface area contributed by atoms with Gasteiger partial charge < -0.3 is 9.73 Å². The number of anilines is 1. The zero-order valence-corrected chi connectivity index (χ0v) is 14.0. The molecule has 2 aromatic carbocycles. The molecule has 122 valence electrons. The van der Waals surface area contributed by atoms with Crippen LogP contribution in [0.1, 0.15) is 10.4 Å². The Labute approximate surface area is 148 Å². The molecule has 2 aromatic heterocycles. The lowest BCUT2D eigenvalue weighted by molar-refractivity contribution is 0.102. The lowest BCUT2D eigenvalue weighted by atomic mass is 10.1. The third-order valence-electron chi connectivity index (χ3n) is 3.83. The zero-order chi connectivity index (χ0) is 17.1. The molecule has 0 fully saturated rings. The van der Waals surface area contributed by atoms with E-state index < -0.39 is 0 Å². The molecule has 4 rings (SSSR count). The zero-order valence-electron chi connectivity index (χ0n) is 13.2. The first-order valence-corrected chi connectivity index (χ1v) is 8.62. The van der Waals surface area contributed by atoms with Crippen LogP contribution in [0.3, 0.4) is 0 Å². The van der Waals surface area contributed by atoms with Crippen LogP contribution in [0.5, 0.6) is 0 Å². The van der Waals surface area contributed by atoms with Gasteiger partial charge in [-0.2, -0.15) is 0 Å². The molecule has 4 nitrogen and oxygen atoms in total. The molecule has 0 saturated carbocycles. The van der Waals surface area contributed by atoms with E-state index in [-0.39, 0.29) is 5.91 Å². The van der Waals surface area contributed by atoms with Crippen LogP contribution in [0.2, 0.25) is 0 Å². The number of aromatic nitrogens is 1. The van der Waals surface area contributed by atoms with Crippen molar-refractivity contribution in [3.8, 4) is 21.8 Å². The van der Waals surface area contributed by atoms with Crippen LogP contribution in [0.15, 0.2) is 83.1 Å². The van der Waals surface area contributed by atoms with Crippen molar-refractivity contribution in [1.29, 1.82) is 0 Å². The van der Waals surface area contributed by atoms with Gasteiger partial charge >= 0.3 is 0 Å². The van der Waals surface area contributed by atoms with E-state index >= 15 is 0 Å². The summed E-state index contributed by atoms with van der Waals surface area (Å²) in [7, 11) is 0. The maximum absolute atomic E-state index is 12.6. The molecule has 0 aliphatic heterocycles. The second kappa shape index (κ2) is 6.75. The van der Waals surface area contributed by atoms with Gasteiger partial charge in [0.1, 0.15) is 0 Å². The van der Waals surface area contributed by atoms with Gasteiger partial charge in [-0.1, -0.05) is 36.4 Å². The summed E-state index contributed by atoms with van der Waals surface area (Å²) in [6, 6.07) is 19.1. The first-order valence-electron chi connectivity index (χ1n) is 7.74. The Morgan fingerprint density at radius 2 is 1.84 bits per heavy atom. The van der Waals surface area contributed by atoms with Gasteiger partial charge in [-0.3, -0.25) is 4.79 Å². The van der Waals surface area contributed by atoms with Crippen molar-refractivity contribution in [3.05, 3.63) is 84.2 Å². The average Bonchev–Trinajstić information content (AvgIpc) is 3.36. The topological polar surface area (TPSA) is 55.1 Å². The smallest absolute Gasteiger partial charge is 0.255 e. The van der Waals surface area contributed by atoms with E-state index in [1.807, 2.05) is 53.9 Å². The minimum Gasteiger partial charge on any atom is -0.444 e. The molecule has 5 heteroatoms. The van der Waals surface area contributed by atoms with Gasteiger partial charge in [0.25, 0.3) is 5.91 Å². The minimum absolute atomic E-state index is 0.145. The molecule has 0 spiro atoms. The number of nitrogens with one attached hydrogen (secondary N) is 1. The molecule has 0 atom stereocenters. The summed E-state index contributed by atoms with van der Waals surface area (Å²) in [6.45, 7) is 0. The normalized spacial score (nSPS) is 10.6. The van der Waals surface area contributed by atoms with E-state index in [4.69, 9.17) is 4.42 Å². The number of amides is 1. The number of carbonyl (C=O) groups excluding carboxylic acids is 1. The van der Waals surface area contributed by atoms with Crippen molar-refractivity contribution >= 4 is 22.9 Å². The third kappa shape index (κ3) is 3.22. The largest absolute Gasteiger partial charge is 0.444 e. The lowest BCUT2D eigenvalue weighted by Crippen LogP contribution is -2.12. The van der Waals surface area contributed by atoms with Crippen LogP contribution in [0.4, 0.5) is 5.69 Å². The van der Waals surface area contributed by atoms with E-state index in [1.165, 1.54) is 6.39 Å². The Morgan fingerprint density at radius 3 is 2.56 bits per heavy atom. The van der Waals surface area contributed by atoms with Crippen LogP contribution < -0.4 is 5.32 Å². The van der Waals surface area contributed by atoms with E-state index in [0.717, 1.165) is 21.7 Å². The summed E-state index contributed by atoms with van der Waals surface area (Å²) in [5.74, 6) is 0.531. The molecular formula is C20H14N2O2S. The fourth-order valence-corrected chi connectivity index (χ4v) is 3.34. The van der Waals surface area contributed by atoms with Gasteiger partial charge in [-0.25, -0.2) is 4.98 Å². The third-order valence-corrected chi connectivity index (χ3v) is 4.73. The minimum atomic E-state index is -0.145. The Kier molecular flexibility index (Phi) is 4.14. The molecular weight excluding hydrogens is 332 g/mol. The Balaban J connectivity index is 1.57. The van der Waals surface area contributed by atoms with Crippen molar-refractivity contribution in [2.45, 2.75) is 0 Å². The highest BCUT2D eigenvalue weighted by atomic mass is 32.1. The lowest BCUT2D eigenvalue weighted by Gasteiger charge is -2.10. The number of rotatable bonds is 4. The van der Waals surface area contributed by atoms with Gasteiger partial charge in [0.15, 0.2) is 12.2 Å². The molecule has 2 heterocycles. The van der Waals surface area contributed by atoms with Gasteiger partial charge in [0.05, 0.1) is 6.20 Å². The number of hydrogen-bond acceptors (Lipinski definition) is 4. The number of nitrogens with zero attached hydrogens (tertiary/aromatic N) is 1. The fraction of sp³-hybridized carbons (Fsp3) is 0. The Hall–Kier alpha value is -3.18. The standard InChI is InChI=1S/C20H14N2O2S/c23-20(15-9-7-14(8-10-15)18-12-21-13-24-18)22-17-5-2-1-4-16(17)19-6-3-11-25-19/h1-13H,(H,22,23). The number of oxazole rings is 1. The van der Waals surface area contributed by atoms with Crippen LogP contribution in [0, 0.1) is 0 Å². The van der Waals surface area contributed by atoms with E-state index in [9.17, 15) is 4.79 Å². The van der Waals surface area contributed by atoms with Crippen molar-refractivity contribution < 1.29 is 9.21 Å². The van der Waals surface area contributed by atoms with Gasteiger partial charge in [-0.05, 0) is 29.6 Å². The maximum Gasteiger partial charge on any atom is 0.255 e. The molecule has 0 aliphatic carbocycles. The summed E-state index contributed by atoms with van der Waals surface area (Å²) < 4.78 is 5.26.